The first-order chi connectivity index (χ1) is 7.45. The maximum absolute atomic E-state index is 8.47. The summed E-state index contributed by atoms with van der Waals surface area (Å²) < 4.78 is 5.05. The molecule has 0 aromatic heterocycles. The summed E-state index contributed by atoms with van der Waals surface area (Å²) >= 11 is 28.4. The van der Waals surface area contributed by atoms with Crippen LogP contribution >= 0.6 is 58.0 Å². The van der Waals surface area contributed by atoms with Crippen molar-refractivity contribution in [2.45, 2.75) is 0 Å². The van der Waals surface area contributed by atoms with Gasteiger partial charge in [-0.05, 0) is 23.7 Å². The van der Waals surface area contributed by atoms with Crippen LogP contribution in [0.15, 0.2) is 22.4 Å². The van der Waals surface area contributed by atoms with Gasteiger partial charge in [0.2, 0.25) is 5.22 Å². The molecule has 0 heterocycles. The Morgan fingerprint density at radius 2 is 1.62 bits per heavy atom. The molecule has 0 bridgehead atoms. The average Bonchev–Trinajstić information content (AvgIpc) is 2.21. The molecular weight excluding hydrogens is 315 g/mol. The fourth-order valence-corrected chi connectivity index (χ4v) is 1.86. The topological polar surface area (TPSA) is 33.0 Å². The van der Waals surface area contributed by atoms with Gasteiger partial charge in [0.15, 0.2) is 10.8 Å². The third-order valence-electron chi connectivity index (χ3n) is 1.43. The van der Waals surface area contributed by atoms with Crippen molar-refractivity contribution in [3.05, 3.63) is 37.5 Å². The van der Waals surface area contributed by atoms with Gasteiger partial charge in [-0.1, -0.05) is 46.4 Å². The maximum atomic E-state index is 8.47. The zero-order chi connectivity index (χ0) is 12.3. The summed E-state index contributed by atoms with van der Waals surface area (Å²) in [5, 5.41) is 8.55. The van der Waals surface area contributed by atoms with E-state index in [1.807, 2.05) is 0 Å². The van der Waals surface area contributed by atoms with Gasteiger partial charge < -0.3 is 4.74 Å². The second-order valence-electron chi connectivity index (χ2n) is 2.50. The van der Waals surface area contributed by atoms with Crippen LogP contribution < -0.4 is 4.74 Å². The summed E-state index contributed by atoms with van der Waals surface area (Å²) in [6, 6.07) is 4.46. The van der Waals surface area contributed by atoms with Gasteiger partial charge in [0.1, 0.15) is 6.07 Å². The standard InChI is InChI=1S/C9H2Cl5NO/c10-4-1-5(11)8(6(12)2-4)16-9(14)7(13)3-15/h1-2H/b9-7-. The molecule has 7 heteroatoms. The molecule has 2 nitrogen and oxygen atoms in total. The predicted octanol–water partition coefficient (Wildman–Crippen LogP) is 5.20. The fraction of sp³-hybridized carbons (Fsp3) is 0. The zero-order valence-corrected chi connectivity index (χ0v) is 11.2. The number of rotatable bonds is 2. The smallest absolute Gasteiger partial charge is 0.223 e. The summed E-state index contributed by atoms with van der Waals surface area (Å²) in [6.07, 6.45) is 0. The van der Waals surface area contributed by atoms with Crippen LogP contribution in [0.2, 0.25) is 15.1 Å². The number of halogens is 5. The number of ether oxygens (including phenoxy) is 1. The van der Waals surface area contributed by atoms with Gasteiger partial charge in [-0.25, -0.2) is 0 Å². The van der Waals surface area contributed by atoms with E-state index in [-0.39, 0.29) is 26.0 Å². The van der Waals surface area contributed by atoms with E-state index in [4.69, 9.17) is 68.0 Å². The molecule has 1 aromatic carbocycles. The highest BCUT2D eigenvalue weighted by molar-refractivity contribution is 6.41. The molecule has 0 spiro atoms. The van der Waals surface area contributed by atoms with Crippen LogP contribution in [0.5, 0.6) is 5.75 Å². The average molecular weight is 317 g/mol. The summed E-state index contributed by atoms with van der Waals surface area (Å²) in [5.74, 6) is 0.0890. The van der Waals surface area contributed by atoms with E-state index in [1.165, 1.54) is 12.1 Å². The highest BCUT2D eigenvalue weighted by Crippen LogP contribution is 2.37. The van der Waals surface area contributed by atoms with Gasteiger partial charge in [-0.15, -0.1) is 0 Å². The molecular formula is C9H2Cl5NO. The van der Waals surface area contributed by atoms with Gasteiger partial charge in [0.05, 0.1) is 10.0 Å². The highest BCUT2D eigenvalue weighted by Gasteiger charge is 2.12. The Kier molecular flexibility index (Phi) is 5.04. The Morgan fingerprint density at radius 1 is 1.12 bits per heavy atom. The van der Waals surface area contributed by atoms with Crippen molar-refractivity contribution in [1.29, 1.82) is 5.26 Å². The molecule has 0 atom stereocenters. The lowest BCUT2D eigenvalue weighted by Gasteiger charge is -2.08. The zero-order valence-electron chi connectivity index (χ0n) is 7.40. The molecule has 0 radical (unpaired) electrons. The van der Waals surface area contributed by atoms with Crippen LogP contribution in [0.3, 0.4) is 0 Å². The minimum Gasteiger partial charge on any atom is -0.440 e. The van der Waals surface area contributed by atoms with E-state index < -0.39 is 0 Å². The number of hydrogen-bond acceptors (Lipinski definition) is 2. The summed E-state index contributed by atoms with van der Waals surface area (Å²) in [4.78, 5) is 0. The molecule has 0 N–H and O–H groups in total. The number of nitriles is 1. The maximum Gasteiger partial charge on any atom is 0.223 e. The van der Waals surface area contributed by atoms with E-state index in [2.05, 4.69) is 0 Å². The minimum atomic E-state index is -0.310. The lowest BCUT2D eigenvalue weighted by atomic mass is 10.3. The van der Waals surface area contributed by atoms with Gasteiger partial charge >= 0.3 is 0 Å². The molecule has 84 valence electrons. The van der Waals surface area contributed by atoms with Crippen LogP contribution in [0.4, 0.5) is 0 Å². The molecule has 1 rings (SSSR count). The quantitative estimate of drug-likeness (QED) is 0.555. The Bertz CT molecular complexity index is 468. The Hall–Kier alpha value is -0.300. The van der Waals surface area contributed by atoms with Crippen LogP contribution in [-0.2, 0) is 0 Å². The third-order valence-corrected chi connectivity index (χ3v) is 2.82. The molecule has 0 saturated heterocycles. The molecule has 0 unspecified atom stereocenters. The van der Waals surface area contributed by atoms with Gasteiger partial charge in [0, 0.05) is 5.02 Å². The fourth-order valence-electron chi connectivity index (χ4n) is 0.805. The SMILES string of the molecule is N#C/C(Cl)=C(\Cl)Oc1c(Cl)cc(Cl)cc1Cl. The summed E-state index contributed by atoms with van der Waals surface area (Å²) in [7, 11) is 0. The Morgan fingerprint density at radius 3 is 2.06 bits per heavy atom. The van der Waals surface area contributed by atoms with Crippen molar-refractivity contribution in [2.24, 2.45) is 0 Å². The number of nitrogens with zero attached hydrogens (tertiary/aromatic N) is 1. The molecule has 0 fully saturated rings. The van der Waals surface area contributed by atoms with Gasteiger partial charge in [-0.2, -0.15) is 5.26 Å². The number of benzene rings is 1. The minimum absolute atomic E-state index is 0.0890. The van der Waals surface area contributed by atoms with Crippen molar-refractivity contribution >= 4 is 58.0 Å². The molecule has 1 aromatic rings. The molecule has 0 amide bonds. The predicted molar refractivity (Wildman–Crippen MR) is 66.4 cm³/mol. The van der Waals surface area contributed by atoms with Crippen LogP contribution in [0.1, 0.15) is 0 Å². The Balaban J connectivity index is 3.13. The third kappa shape index (κ3) is 3.35. The number of hydrogen-bond donors (Lipinski definition) is 0. The summed E-state index contributed by atoms with van der Waals surface area (Å²) in [6.45, 7) is 0. The lowest BCUT2D eigenvalue weighted by Crippen LogP contribution is -1.92. The Labute approximate surface area is 117 Å². The number of allylic oxidation sites excluding steroid dienone is 1. The van der Waals surface area contributed by atoms with E-state index >= 15 is 0 Å². The van der Waals surface area contributed by atoms with Crippen molar-refractivity contribution in [3.8, 4) is 11.8 Å². The lowest BCUT2D eigenvalue weighted by molar-refractivity contribution is 0.462. The molecule has 0 aliphatic rings. The molecule has 0 aliphatic carbocycles. The molecule has 0 saturated carbocycles. The van der Waals surface area contributed by atoms with Crippen LogP contribution in [0, 0.1) is 11.3 Å². The van der Waals surface area contributed by atoms with Crippen molar-refractivity contribution in [1.82, 2.24) is 0 Å². The first-order valence-corrected chi connectivity index (χ1v) is 5.62. The van der Waals surface area contributed by atoms with Gasteiger partial charge in [0.25, 0.3) is 0 Å². The summed E-state index contributed by atoms with van der Waals surface area (Å²) in [5.41, 5.74) is 0. The van der Waals surface area contributed by atoms with Crippen molar-refractivity contribution < 1.29 is 4.74 Å². The normalized spacial score (nSPS) is 11.8. The van der Waals surface area contributed by atoms with E-state index in [1.54, 1.807) is 6.07 Å². The first-order valence-electron chi connectivity index (χ1n) is 3.73. The van der Waals surface area contributed by atoms with Crippen molar-refractivity contribution in [2.75, 3.05) is 0 Å². The molecule has 0 aliphatic heterocycles. The second kappa shape index (κ2) is 5.86. The van der Waals surface area contributed by atoms with E-state index in [0.29, 0.717) is 5.02 Å². The second-order valence-corrected chi connectivity index (χ2v) is 4.47. The van der Waals surface area contributed by atoms with Crippen LogP contribution in [-0.4, -0.2) is 0 Å². The van der Waals surface area contributed by atoms with Crippen LogP contribution in [0.25, 0.3) is 0 Å². The van der Waals surface area contributed by atoms with E-state index in [0.717, 1.165) is 0 Å². The van der Waals surface area contributed by atoms with Crippen molar-refractivity contribution in [3.63, 3.8) is 0 Å². The largest absolute Gasteiger partial charge is 0.440 e. The van der Waals surface area contributed by atoms with E-state index in [9.17, 15) is 0 Å². The van der Waals surface area contributed by atoms with Gasteiger partial charge in [-0.3, -0.25) is 0 Å². The monoisotopic (exact) mass is 315 g/mol. The first kappa shape index (κ1) is 13.8. The molecule has 16 heavy (non-hydrogen) atoms. The highest BCUT2D eigenvalue weighted by atomic mass is 35.5.